The van der Waals surface area contributed by atoms with E-state index in [2.05, 4.69) is 20.8 Å². The third-order valence-electron chi connectivity index (χ3n) is 4.64. The lowest BCUT2D eigenvalue weighted by molar-refractivity contribution is -0.122. The summed E-state index contributed by atoms with van der Waals surface area (Å²) < 4.78 is 27.5. The van der Waals surface area contributed by atoms with E-state index in [4.69, 9.17) is 5.84 Å². The quantitative estimate of drug-likeness (QED) is 0.464. The molecule has 0 spiro atoms. The van der Waals surface area contributed by atoms with Crippen molar-refractivity contribution >= 4 is 29.3 Å². The monoisotopic (exact) mass is 424 g/mol. The number of thioether (sulfide) groups is 1. The SMILES string of the molecule is Nn1c(SCC(=O)NCC(=O)Nc2ccc(F)c(F)c2)nnc1C1CCCCC1. The number of nitrogens with one attached hydrogen (secondary N) is 2. The number of aromatic nitrogens is 3. The number of nitrogens with two attached hydrogens (primary N) is 1. The van der Waals surface area contributed by atoms with Crippen molar-refractivity contribution in [1.29, 1.82) is 0 Å². The smallest absolute Gasteiger partial charge is 0.243 e. The highest BCUT2D eigenvalue weighted by Crippen LogP contribution is 2.32. The summed E-state index contributed by atoms with van der Waals surface area (Å²) in [6.45, 7) is -0.305. The Morgan fingerprint density at radius 1 is 1.14 bits per heavy atom. The Labute approximate surface area is 170 Å². The van der Waals surface area contributed by atoms with Gasteiger partial charge in [-0.1, -0.05) is 31.0 Å². The van der Waals surface area contributed by atoms with Crippen molar-refractivity contribution in [2.24, 2.45) is 0 Å². The first-order valence-electron chi connectivity index (χ1n) is 9.29. The van der Waals surface area contributed by atoms with Gasteiger partial charge in [-0.2, -0.15) is 0 Å². The van der Waals surface area contributed by atoms with E-state index in [1.165, 1.54) is 17.2 Å². The van der Waals surface area contributed by atoms with E-state index in [1.54, 1.807) is 0 Å². The number of halogens is 2. The summed E-state index contributed by atoms with van der Waals surface area (Å²) in [5, 5.41) is 13.5. The maximum absolute atomic E-state index is 13.1. The number of nitrogens with zero attached hydrogens (tertiary/aromatic N) is 3. The average molecular weight is 424 g/mol. The second kappa shape index (κ2) is 9.68. The van der Waals surface area contributed by atoms with Crippen LogP contribution >= 0.6 is 11.8 Å². The Balaban J connectivity index is 1.43. The molecule has 1 aliphatic carbocycles. The molecule has 0 unspecified atom stereocenters. The van der Waals surface area contributed by atoms with Crippen LogP contribution in [0, 0.1) is 11.6 Å². The summed E-state index contributed by atoms with van der Waals surface area (Å²) in [4.78, 5) is 23.8. The van der Waals surface area contributed by atoms with Crippen LogP contribution in [0.5, 0.6) is 0 Å². The van der Waals surface area contributed by atoms with Crippen LogP contribution < -0.4 is 16.5 Å². The predicted octanol–water partition coefficient (Wildman–Crippen LogP) is 2.16. The number of carbonyl (C=O) groups excluding carboxylic acids is 2. The number of benzene rings is 1. The van der Waals surface area contributed by atoms with Crippen LogP contribution in [0.25, 0.3) is 0 Å². The lowest BCUT2D eigenvalue weighted by atomic mass is 9.89. The van der Waals surface area contributed by atoms with Gasteiger partial charge >= 0.3 is 0 Å². The summed E-state index contributed by atoms with van der Waals surface area (Å²) in [7, 11) is 0. The average Bonchev–Trinajstić information content (AvgIpc) is 3.08. The molecule has 1 aromatic heterocycles. The molecule has 11 heteroatoms. The zero-order valence-electron chi connectivity index (χ0n) is 15.7. The molecule has 1 aliphatic rings. The van der Waals surface area contributed by atoms with Gasteiger partial charge in [-0.05, 0) is 25.0 Å². The molecule has 0 radical (unpaired) electrons. The van der Waals surface area contributed by atoms with Crippen molar-refractivity contribution in [3.63, 3.8) is 0 Å². The molecule has 1 aromatic carbocycles. The Morgan fingerprint density at radius 3 is 2.62 bits per heavy atom. The van der Waals surface area contributed by atoms with Crippen LogP contribution in [-0.4, -0.2) is 39.0 Å². The first-order valence-corrected chi connectivity index (χ1v) is 10.3. The third-order valence-corrected chi connectivity index (χ3v) is 5.59. The van der Waals surface area contributed by atoms with Gasteiger partial charge in [-0.3, -0.25) is 9.59 Å². The summed E-state index contributed by atoms with van der Waals surface area (Å²) in [6.07, 6.45) is 5.59. The van der Waals surface area contributed by atoms with Crippen molar-refractivity contribution in [3.05, 3.63) is 35.7 Å². The highest BCUT2D eigenvalue weighted by molar-refractivity contribution is 7.99. The number of carbonyl (C=O) groups is 2. The van der Waals surface area contributed by atoms with E-state index in [1.807, 2.05) is 0 Å². The van der Waals surface area contributed by atoms with Gasteiger partial charge in [0.15, 0.2) is 17.5 Å². The minimum atomic E-state index is -1.07. The largest absolute Gasteiger partial charge is 0.346 e. The third kappa shape index (κ3) is 5.66. The molecule has 0 saturated heterocycles. The topological polar surface area (TPSA) is 115 Å². The van der Waals surface area contributed by atoms with Crippen molar-refractivity contribution in [2.45, 2.75) is 43.2 Å². The van der Waals surface area contributed by atoms with Crippen molar-refractivity contribution < 1.29 is 18.4 Å². The van der Waals surface area contributed by atoms with Gasteiger partial charge < -0.3 is 16.5 Å². The molecule has 0 bridgehead atoms. The van der Waals surface area contributed by atoms with Crippen LogP contribution in [0.1, 0.15) is 43.8 Å². The lowest BCUT2D eigenvalue weighted by Crippen LogP contribution is -2.34. The zero-order chi connectivity index (χ0) is 20.8. The maximum Gasteiger partial charge on any atom is 0.243 e. The zero-order valence-corrected chi connectivity index (χ0v) is 16.5. The van der Waals surface area contributed by atoms with Crippen LogP contribution in [0.4, 0.5) is 14.5 Å². The van der Waals surface area contributed by atoms with Gasteiger partial charge in [0.05, 0.1) is 12.3 Å². The van der Waals surface area contributed by atoms with E-state index >= 15 is 0 Å². The summed E-state index contributed by atoms with van der Waals surface area (Å²) in [5.41, 5.74) is 0.101. The summed E-state index contributed by atoms with van der Waals surface area (Å²) >= 11 is 1.13. The Kier molecular flexibility index (Phi) is 7.02. The van der Waals surface area contributed by atoms with E-state index in [0.29, 0.717) is 11.1 Å². The Hall–Kier alpha value is -2.69. The summed E-state index contributed by atoms with van der Waals surface area (Å²) in [6, 6.07) is 3.00. The number of anilines is 1. The normalized spacial score (nSPS) is 14.6. The molecule has 0 atom stereocenters. The molecule has 29 heavy (non-hydrogen) atoms. The molecule has 8 nitrogen and oxygen atoms in total. The van der Waals surface area contributed by atoms with Crippen molar-refractivity contribution in [3.8, 4) is 0 Å². The highest BCUT2D eigenvalue weighted by Gasteiger charge is 2.22. The van der Waals surface area contributed by atoms with Crippen LogP contribution in [0.15, 0.2) is 23.4 Å². The van der Waals surface area contributed by atoms with Gasteiger partial charge in [0.1, 0.15) is 0 Å². The van der Waals surface area contributed by atoms with E-state index in [-0.39, 0.29) is 18.0 Å². The van der Waals surface area contributed by atoms with Gasteiger partial charge in [-0.15, -0.1) is 10.2 Å². The van der Waals surface area contributed by atoms with Crippen molar-refractivity contribution in [2.75, 3.05) is 23.5 Å². The summed E-state index contributed by atoms with van der Waals surface area (Å²) in [5.74, 6) is 4.09. The molecule has 1 heterocycles. The fraction of sp³-hybridized carbons (Fsp3) is 0.444. The molecule has 0 aliphatic heterocycles. The second-order valence-electron chi connectivity index (χ2n) is 6.79. The maximum atomic E-state index is 13.1. The number of nitrogen functional groups attached to an aromatic ring is 1. The molecular weight excluding hydrogens is 402 g/mol. The van der Waals surface area contributed by atoms with E-state index in [0.717, 1.165) is 55.4 Å². The van der Waals surface area contributed by atoms with Crippen LogP contribution in [0.2, 0.25) is 0 Å². The molecule has 2 amide bonds. The number of hydrogen-bond acceptors (Lipinski definition) is 6. The van der Waals surface area contributed by atoms with Crippen molar-refractivity contribution in [1.82, 2.24) is 20.2 Å². The number of rotatable bonds is 7. The van der Waals surface area contributed by atoms with Crippen LogP contribution in [-0.2, 0) is 9.59 Å². The Morgan fingerprint density at radius 2 is 1.90 bits per heavy atom. The fourth-order valence-electron chi connectivity index (χ4n) is 3.16. The molecule has 1 saturated carbocycles. The van der Waals surface area contributed by atoms with Gasteiger partial charge in [-0.25, -0.2) is 13.5 Å². The first kappa shape index (κ1) is 21.0. The predicted molar refractivity (Wildman–Crippen MR) is 105 cm³/mol. The van der Waals surface area contributed by atoms with E-state index in [9.17, 15) is 18.4 Å². The standard InChI is InChI=1S/C18H22F2N6O2S/c19-13-7-6-12(8-14(13)20)23-15(27)9-22-16(28)10-29-18-25-24-17(26(18)21)11-4-2-1-3-5-11/h6-8,11H,1-5,9-10,21H2,(H,22,28)(H,23,27). The fourth-order valence-corrected chi connectivity index (χ4v) is 3.86. The van der Waals surface area contributed by atoms with Gasteiger partial charge in [0, 0.05) is 17.7 Å². The van der Waals surface area contributed by atoms with Gasteiger partial charge in [0.2, 0.25) is 17.0 Å². The molecular formula is C18H22F2N6O2S. The second-order valence-corrected chi connectivity index (χ2v) is 7.73. The minimum absolute atomic E-state index is 0.0124. The molecule has 156 valence electrons. The molecule has 3 rings (SSSR count). The molecule has 2 aromatic rings. The molecule has 1 fully saturated rings. The van der Waals surface area contributed by atoms with E-state index < -0.39 is 23.4 Å². The molecule has 4 N–H and O–H groups in total. The minimum Gasteiger partial charge on any atom is -0.346 e. The number of amides is 2. The van der Waals surface area contributed by atoms with Crippen LogP contribution in [0.3, 0.4) is 0 Å². The highest BCUT2D eigenvalue weighted by atomic mass is 32.2. The lowest BCUT2D eigenvalue weighted by Gasteiger charge is -2.20. The first-order chi connectivity index (χ1) is 13.9. The number of hydrogen-bond donors (Lipinski definition) is 3. The van der Waals surface area contributed by atoms with Gasteiger partial charge in [0.25, 0.3) is 0 Å². The Bertz CT molecular complexity index is 885.